The third-order valence-corrected chi connectivity index (χ3v) is 4.71. The highest BCUT2D eigenvalue weighted by Crippen LogP contribution is 2.32. The molecular weight excluding hydrogens is 388 g/mol. The number of nitrogens with zero attached hydrogens (tertiary/aromatic N) is 1. The first-order valence-corrected chi connectivity index (χ1v) is 9.82. The fraction of sp³-hybridized carbons (Fsp3) is 0.136. The van der Waals surface area contributed by atoms with Gasteiger partial charge in [-0.2, -0.15) is 4.99 Å². The third kappa shape index (κ3) is 5.36. The molecule has 3 rings (SSSR count). The van der Waals surface area contributed by atoms with Gasteiger partial charge in [-0.1, -0.05) is 36.9 Å². The van der Waals surface area contributed by atoms with Crippen LogP contribution in [0.15, 0.2) is 71.1 Å². The van der Waals surface area contributed by atoms with E-state index < -0.39 is 5.91 Å². The number of rotatable bonds is 7. The van der Waals surface area contributed by atoms with Crippen molar-refractivity contribution < 1.29 is 19.1 Å². The molecule has 0 bridgehead atoms. The predicted octanol–water partition coefficient (Wildman–Crippen LogP) is 4.05. The predicted molar refractivity (Wildman–Crippen MR) is 115 cm³/mol. The molecule has 0 saturated carbocycles. The Kier molecular flexibility index (Phi) is 6.86. The van der Waals surface area contributed by atoms with Crippen molar-refractivity contribution in [2.24, 2.45) is 4.99 Å². The zero-order chi connectivity index (χ0) is 20.6. The van der Waals surface area contributed by atoms with Gasteiger partial charge in [0.2, 0.25) is 0 Å². The number of amidine groups is 1. The zero-order valence-electron chi connectivity index (χ0n) is 15.9. The fourth-order valence-corrected chi connectivity index (χ4v) is 3.34. The lowest BCUT2D eigenvalue weighted by Crippen LogP contribution is -2.20. The molecule has 1 aliphatic rings. The smallest absolute Gasteiger partial charge is 0.279 e. The average molecular weight is 408 g/mol. The molecule has 0 unspecified atom stereocenters. The lowest BCUT2D eigenvalue weighted by molar-refractivity contribution is -0.115. The Morgan fingerprint density at radius 1 is 1.17 bits per heavy atom. The van der Waals surface area contributed by atoms with E-state index in [1.165, 1.54) is 0 Å². The van der Waals surface area contributed by atoms with Crippen molar-refractivity contribution in [2.75, 3.05) is 13.2 Å². The number of ether oxygens (including phenoxy) is 2. The first-order chi connectivity index (χ1) is 14.1. The van der Waals surface area contributed by atoms with Gasteiger partial charge in [0.1, 0.15) is 6.61 Å². The number of carbonyl (C=O) groups is 2. The topological polar surface area (TPSA) is 77.0 Å². The summed E-state index contributed by atoms with van der Waals surface area (Å²) in [6.07, 6.45) is 3.37. The molecule has 1 N–H and O–H groups in total. The minimum absolute atomic E-state index is 0.256. The van der Waals surface area contributed by atoms with Gasteiger partial charge in [0, 0.05) is 5.56 Å². The number of amides is 2. The molecule has 29 heavy (non-hydrogen) atoms. The maximum atomic E-state index is 12.3. The first-order valence-electron chi connectivity index (χ1n) is 9.00. The van der Waals surface area contributed by atoms with E-state index in [-0.39, 0.29) is 11.1 Å². The van der Waals surface area contributed by atoms with E-state index in [1.807, 2.05) is 19.1 Å². The van der Waals surface area contributed by atoms with Crippen LogP contribution in [0.3, 0.4) is 0 Å². The lowest BCUT2D eigenvalue weighted by Gasteiger charge is -2.11. The maximum Gasteiger partial charge on any atom is 0.279 e. The van der Waals surface area contributed by atoms with E-state index >= 15 is 0 Å². The van der Waals surface area contributed by atoms with Crippen molar-refractivity contribution in [3.8, 4) is 11.5 Å². The van der Waals surface area contributed by atoms with Crippen molar-refractivity contribution >= 4 is 34.8 Å². The monoisotopic (exact) mass is 408 g/mol. The van der Waals surface area contributed by atoms with Crippen LogP contribution in [0.2, 0.25) is 0 Å². The van der Waals surface area contributed by atoms with E-state index in [1.54, 1.807) is 48.6 Å². The average Bonchev–Trinajstić information content (AvgIpc) is 3.07. The summed E-state index contributed by atoms with van der Waals surface area (Å²) in [5.74, 6) is 0.477. The Morgan fingerprint density at radius 2 is 1.97 bits per heavy atom. The van der Waals surface area contributed by atoms with Gasteiger partial charge in [0.05, 0.1) is 11.5 Å². The van der Waals surface area contributed by atoms with Crippen LogP contribution in [0.1, 0.15) is 22.8 Å². The molecule has 0 spiro atoms. The van der Waals surface area contributed by atoms with Crippen LogP contribution < -0.4 is 14.8 Å². The number of carbonyl (C=O) groups excluding carboxylic acids is 2. The molecule has 148 valence electrons. The number of nitrogens with one attached hydrogen (secondary N) is 1. The minimum atomic E-state index is -0.406. The molecule has 2 aromatic carbocycles. The van der Waals surface area contributed by atoms with Crippen LogP contribution in [0.25, 0.3) is 6.08 Å². The van der Waals surface area contributed by atoms with Crippen LogP contribution in [-0.2, 0) is 4.79 Å². The molecule has 0 radical (unpaired) electrons. The lowest BCUT2D eigenvalue weighted by atomic mass is 10.2. The van der Waals surface area contributed by atoms with Crippen LogP contribution in [-0.4, -0.2) is 30.2 Å². The quantitative estimate of drug-likeness (QED) is 0.552. The van der Waals surface area contributed by atoms with Gasteiger partial charge in [-0.25, -0.2) is 0 Å². The van der Waals surface area contributed by atoms with Gasteiger partial charge in [-0.3, -0.25) is 9.59 Å². The van der Waals surface area contributed by atoms with Gasteiger partial charge < -0.3 is 14.8 Å². The Morgan fingerprint density at radius 3 is 2.69 bits per heavy atom. The Labute approximate surface area is 173 Å². The highest BCUT2D eigenvalue weighted by molar-refractivity contribution is 8.18. The number of thioether (sulfide) groups is 1. The normalized spacial score (nSPS) is 16.0. The minimum Gasteiger partial charge on any atom is -0.490 e. The standard InChI is InChI=1S/C22H20N2O4S/c1-3-12-28-17-11-10-15(13-18(17)27-4-2)14-19-21(26)24-22(29-19)23-20(25)16-8-6-5-7-9-16/h3,5-11,13-14H,1,4,12H2,2H3,(H,23,24,25,26)/b19-14-. The van der Waals surface area contributed by atoms with E-state index in [0.717, 1.165) is 17.3 Å². The van der Waals surface area contributed by atoms with E-state index in [2.05, 4.69) is 16.9 Å². The largest absolute Gasteiger partial charge is 0.490 e. The number of aliphatic imine (C=N–C) groups is 1. The van der Waals surface area contributed by atoms with Crippen LogP contribution in [0.4, 0.5) is 0 Å². The van der Waals surface area contributed by atoms with E-state index in [9.17, 15) is 9.59 Å². The second-order valence-electron chi connectivity index (χ2n) is 5.89. The third-order valence-electron chi connectivity index (χ3n) is 3.80. The van der Waals surface area contributed by atoms with Crippen molar-refractivity contribution in [3.05, 3.63) is 77.2 Å². The highest BCUT2D eigenvalue weighted by atomic mass is 32.2. The summed E-state index contributed by atoms with van der Waals surface area (Å²) in [6.45, 7) is 6.37. The molecule has 1 fully saturated rings. The van der Waals surface area contributed by atoms with Gasteiger partial charge >= 0.3 is 0 Å². The summed E-state index contributed by atoms with van der Waals surface area (Å²) >= 11 is 1.12. The molecule has 6 nitrogen and oxygen atoms in total. The number of hydrogen-bond acceptors (Lipinski definition) is 5. The summed E-state index contributed by atoms with van der Waals surface area (Å²) in [4.78, 5) is 28.9. The second kappa shape index (κ2) is 9.75. The van der Waals surface area contributed by atoms with Crippen molar-refractivity contribution in [2.45, 2.75) is 6.92 Å². The molecular formula is C22H20N2O4S. The number of benzene rings is 2. The van der Waals surface area contributed by atoms with E-state index in [4.69, 9.17) is 9.47 Å². The molecule has 2 amide bonds. The summed E-state index contributed by atoms with van der Waals surface area (Å²) in [5, 5.41) is 2.88. The molecule has 1 aliphatic heterocycles. The molecule has 2 aromatic rings. The summed E-state index contributed by atoms with van der Waals surface area (Å²) in [7, 11) is 0. The van der Waals surface area contributed by atoms with Crippen LogP contribution in [0, 0.1) is 0 Å². The van der Waals surface area contributed by atoms with Crippen molar-refractivity contribution in [1.29, 1.82) is 0 Å². The SMILES string of the molecule is C=CCOc1ccc(/C=C2\SC(=NC(=O)c3ccccc3)NC2=O)cc1OCC. The molecule has 0 aromatic heterocycles. The van der Waals surface area contributed by atoms with Gasteiger partial charge in [0.25, 0.3) is 11.8 Å². The molecule has 1 saturated heterocycles. The van der Waals surface area contributed by atoms with Crippen LogP contribution in [0.5, 0.6) is 11.5 Å². The van der Waals surface area contributed by atoms with Crippen molar-refractivity contribution in [1.82, 2.24) is 5.32 Å². The Balaban J connectivity index is 1.79. The van der Waals surface area contributed by atoms with Gasteiger partial charge in [0.15, 0.2) is 16.7 Å². The Hall–Kier alpha value is -3.32. The molecule has 0 aliphatic carbocycles. The van der Waals surface area contributed by atoms with Crippen molar-refractivity contribution in [3.63, 3.8) is 0 Å². The zero-order valence-corrected chi connectivity index (χ0v) is 16.7. The summed E-state index contributed by atoms with van der Waals surface area (Å²) < 4.78 is 11.2. The van der Waals surface area contributed by atoms with Crippen LogP contribution >= 0.6 is 11.8 Å². The molecule has 0 atom stereocenters. The maximum absolute atomic E-state index is 12.3. The van der Waals surface area contributed by atoms with Gasteiger partial charge in [-0.15, -0.1) is 0 Å². The molecule has 7 heteroatoms. The second-order valence-corrected chi connectivity index (χ2v) is 6.92. The number of hydrogen-bond donors (Lipinski definition) is 1. The summed E-state index contributed by atoms with van der Waals surface area (Å²) in [6, 6.07) is 14.1. The first kappa shape index (κ1) is 20.4. The highest BCUT2D eigenvalue weighted by Gasteiger charge is 2.25. The fourth-order valence-electron chi connectivity index (χ4n) is 2.52. The van der Waals surface area contributed by atoms with Gasteiger partial charge in [-0.05, 0) is 54.6 Å². The summed E-state index contributed by atoms with van der Waals surface area (Å²) in [5.41, 5.74) is 1.23. The molecule has 1 heterocycles. The Bertz CT molecular complexity index is 984. The van der Waals surface area contributed by atoms with E-state index in [0.29, 0.717) is 35.2 Å².